The zero-order valence-corrected chi connectivity index (χ0v) is 11.8. The highest BCUT2D eigenvalue weighted by Gasteiger charge is 2.29. The third-order valence-corrected chi connectivity index (χ3v) is 3.43. The average molecular weight is 272 g/mol. The number of nitrogens with zero attached hydrogens (tertiary/aromatic N) is 1. The van der Waals surface area contributed by atoms with Gasteiger partial charge in [0.1, 0.15) is 5.78 Å². The number of carbonyl (C=O) groups excluding carboxylic acids is 2. The summed E-state index contributed by atoms with van der Waals surface area (Å²) in [4.78, 5) is 26.8. The molecule has 1 fully saturated rings. The zero-order chi connectivity index (χ0) is 14.8. The summed E-state index contributed by atoms with van der Waals surface area (Å²) in [5.74, 6) is -0.935. The molecule has 0 bridgehead atoms. The molecule has 0 saturated heterocycles. The molecule has 0 aromatic heterocycles. The fraction of sp³-hybridized carbons (Fsp3) is 0.438. The van der Waals surface area contributed by atoms with Crippen LogP contribution in [0.3, 0.4) is 0 Å². The summed E-state index contributed by atoms with van der Waals surface area (Å²) in [6, 6.07) is 6.48. The van der Waals surface area contributed by atoms with Crippen molar-refractivity contribution in [1.82, 2.24) is 0 Å². The second kappa shape index (κ2) is 5.57. The predicted octanol–water partition coefficient (Wildman–Crippen LogP) is 1.77. The zero-order valence-electron chi connectivity index (χ0n) is 11.8. The van der Waals surface area contributed by atoms with Crippen molar-refractivity contribution in [2.24, 2.45) is 10.4 Å². The van der Waals surface area contributed by atoms with E-state index in [1.54, 1.807) is 12.1 Å². The fourth-order valence-corrected chi connectivity index (χ4v) is 2.56. The second-order valence-corrected chi connectivity index (χ2v) is 6.10. The maximum Gasteiger partial charge on any atom is 0.139 e. The predicted molar refractivity (Wildman–Crippen MR) is 74.6 cm³/mol. The van der Waals surface area contributed by atoms with E-state index in [2.05, 4.69) is 18.8 Å². The Hall–Kier alpha value is -1.97. The summed E-state index contributed by atoms with van der Waals surface area (Å²) in [6.45, 7) is 4.63. The van der Waals surface area contributed by atoms with E-state index in [-0.39, 0.29) is 16.8 Å². The van der Waals surface area contributed by atoms with Gasteiger partial charge in [0.05, 0.1) is 12.5 Å². The Labute approximate surface area is 118 Å². The molecule has 1 saturated carbocycles. The van der Waals surface area contributed by atoms with Crippen LogP contribution in [0.5, 0.6) is 0 Å². The molecule has 1 aliphatic carbocycles. The van der Waals surface area contributed by atoms with E-state index < -0.39 is 5.97 Å². The van der Waals surface area contributed by atoms with Gasteiger partial charge in [-0.2, -0.15) is 0 Å². The molecule has 106 valence electrons. The molecule has 0 heterocycles. The fourth-order valence-electron chi connectivity index (χ4n) is 2.56. The number of carboxylic acids is 1. The molecular formula is C16H18NO3-. The van der Waals surface area contributed by atoms with Crippen molar-refractivity contribution in [2.75, 3.05) is 0 Å². The first kappa shape index (κ1) is 14.4. The van der Waals surface area contributed by atoms with Gasteiger partial charge < -0.3 is 9.90 Å². The van der Waals surface area contributed by atoms with Gasteiger partial charge in [-0.15, -0.1) is 0 Å². The number of aliphatic imine (C=N–C) groups is 1. The van der Waals surface area contributed by atoms with E-state index in [0.29, 0.717) is 19.4 Å². The van der Waals surface area contributed by atoms with Crippen molar-refractivity contribution >= 4 is 17.5 Å². The van der Waals surface area contributed by atoms with Crippen molar-refractivity contribution < 1.29 is 14.7 Å². The number of carboxylic acid groups (broad SMARTS) is 1. The first-order chi connectivity index (χ1) is 9.35. The van der Waals surface area contributed by atoms with E-state index >= 15 is 0 Å². The number of aromatic carboxylic acids is 1. The molecule has 1 aromatic carbocycles. The van der Waals surface area contributed by atoms with Gasteiger partial charge in [-0.05, 0) is 23.0 Å². The molecule has 1 aliphatic rings. The van der Waals surface area contributed by atoms with Crippen LogP contribution in [0.4, 0.5) is 0 Å². The molecule has 4 nitrogen and oxygen atoms in total. The smallest absolute Gasteiger partial charge is 0.139 e. The molecule has 0 N–H and O–H groups in total. The van der Waals surface area contributed by atoms with Gasteiger partial charge in [0.15, 0.2) is 0 Å². The normalized spacial score (nSPS) is 20.1. The lowest BCUT2D eigenvalue weighted by molar-refractivity contribution is -0.255. The van der Waals surface area contributed by atoms with Gasteiger partial charge in [0.25, 0.3) is 0 Å². The van der Waals surface area contributed by atoms with Crippen LogP contribution in [-0.2, 0) is 11.3 Å². The van der Waals surface area contributed by atoms with Crippen molar-refractivity contribution in [1.29, 1.82) is 0 Å². The van der Waals surface area contributed by atoms with Gasteiger partial charge in [-0.25, -0.2) is 0 Å². The summed E-state index contributed by atoms with van der Waals surface area (Å²) < 4.78 is 0. The lowest BCUT2D eigenvalue weighted by atomic mass is 9.76. The Kier molecular flexibility index (Phi) is 4.02. The second-order valence-electron chi connectivity index (χ2n) is 6.10. The van der Waals surface area contributed by atoms with E-state index in [1.807, 2.05) is 0 Å². The summed E-state index contributed by atoms with van der Waals surface area (Å²) >= 11 is 0. The van der Waals surface area contributed by atoms with Crippen LogP contribution in [0.25, 0.3) is 0 Å². The molecule has 2 rings (SSSR count). The highest BCUT2D eigenvalue weighted by atomic mass is 16.4. The Morgan fingerprint density at radius 1 is 1.25 bits per heavy atom. The highest BCUT2D eigenvalue weighted by molar-refractivity contribution is 6.04. The minimum atomic E-state index is -1.18. The Bertz CT molecular complexity index is 556. The van der Waals surface area contributed by atoms with Gasteiger partial charge in [-0.1, -0.05) is 38.1 Å². The summed E-state index contributed by atoms with van der Waals surface area (Å²) in [5, 5.41) is 10.6. The topological polar surface area (TPSA) is 69.6 Å². The number of carbonyl (C=O) groups is 2. The van der Waals surface area contributed by atoms with E-state index in [4.69, 9.17) is 0 Å². The lowest BCUT2D eigenvalue weighted by Crippen LogP contribution is -2.29. The van der Waals surface area contributed by atoms with E-state index in [1.165, 1.54) is 12.1 Å². The van der Waals surface area contributed by atoms with Gasteiger partial charge in [0.2, 0.25) is 0 Å². The van der Waals surface area contributed by atoms with Gasteiger partial charge in [0, 0.05) is 18.6 Å². The molecule has 0 unspecified atom stereocenters. The van der Waals surface area contributed by atoms with Gasteiger partial charge in [-0.3, -0.25) is 9.79 Å². The SMILES string of the molecule is CC1(C)CC(=O)CC(=NCc2ccc(C(=O)[O-])cc2)C1. The minimum Gasteiger partial charge on any atom is -0.545 e. The van der Waals surface area contributed by atoms with Crippen LogP contribution >= 0.6 is 0 Å². The quantitative estimate of drug-likeness (QED) is 0.842. The number of hydrogen-bond acceptors (Lipinski definition) is 4. The van der Waals surface area contributed by atoms with Crippen LogP contribution in [-0.4, -0.2) is 17.5 Å². The number of Topliss-reactive ketones (excluding diaryl/α,β-unsaturated/α-hetero) is 1. The Morgan fingerprint density at radius 3 is 2.45 bits per heavy atom. The summed E-state index contributed by atoms with van der Waals surface area (Å²) in [6.07, 6.45) is 1.91. The standard InChI is InChI=1S/C16H19NO3/c1-16(2)8-13(7-14(18)9-16)17-10-11-3-5-12(6-4-11)15(19)20/h3-6H,7-10H2,1-2H3,(H,19,20)/p-1. The van der Waals surface area contributed by atoms with E-state index in [0.717, 1.165) is 17.7 Å². The Morgan fingerprint density at radius 2 is 1.90 bits per heavy atom. The summed E-state index contributed by atoms with van der Waals surface area (Å²) in [5.41, 5.74) is 2.02. The number of ketones is 1. The third-order valence-electron chi connectivity index (χ3n) is 3.43. The first-order valence-electron chi connectivity index (χ1n) is 6.70. The monoisotopic (exact) mass is 272 g/mol. The molecule has 0 radical (unpaired) electrons. The third kappa shape index (κ3) is 3.76. The maximum atomic E-state index is 11.7. The molecule has 0 spiro atoms. The maximum absolute atomic E-state index is 11.7. The molecule has 4 heteroatoms. The molecule has 20 heavy (non-hydrogen) atoms. The van der Waals surface area contributed by atoms with Crippen LogP contribution < -0.4 is 5.11 Å². The average Bonchev–Trinajstić information content (AvgIpc) is 2.34. The lowest BCUT2D eigenvalue weighted by Gasteiger charge is -2.29. The minimum absolute atomic E-state index is 0.00694. The molecule has 1 aromatic rings. The number of hydrogen-bond donors (Lipinski definition) is 0. The van der Waals surface area contributed by atoms with Gasteiger partial charge >= 0.3 is 0 Å². The Balaban J connectivity index is 2.05. The van der Waals surface area contributed by atoms with Crippen LogP contribution in [0.1, 0.15) is 49.0 Å². The first-order valence-corrected chi connectivity index (χ1v) is 6.70. The van der Waals surface area contributed by atoms with Crippen molar-refractivity contribution in [2.45, 2.75) is 39.7 Å². The molecule has 0 amide bonds. The van der Waals surface area contributed by atoms with E-state index in [9.17, 15) is 14.7 Å². The van der Waals surface area contributed by atoms with Crippen molar-refractivity contribution in [3.8, 4) is 0 Å². The summed E-state index contributed by atoms with van der Waals surface area (Å²) in [7, 11) is 0. The van der Waals surface area contributed by atoms with Crippen molar-refractivity contribution in [3.05, 3.63) is 35.4 Å². The van der Waals surface area contributed by atoms with Crippen LogP contribution in [0.15, 0.2) is 29.3 Å². The van der Waals surface area contributed by atoms with Crippen LogP contribution in [0.2, 0.25) is 0 Å². The molecule has 0 aliphatic heterocycles. The number of rotatable bonds is 3. The highest BCUT2D eigenvalue weighted by Crippen LogP contribution is 2.31. The number of benzene rings is 1. The van der Waals surface area contributed by atoms with Crippen LogP contribution in [0, 0.1) is 5.41 Å². The largest absolute Gasteiger partial charge is 0.545 e. The molecule has 0 atom stereocenters. The van der Waals surface area contributed by atoms with Crippen molar-refractivity contribution in [3.63, 3.8) is 0 Å². The molecular weight excluding hydrogens is 254 g/mol.